The number of benzene rings is 2. The molecule has 7 heteroatoms. The number of carbonyl (C=O) groups excluding carboxylic acids is 1. The molecular formula is C21H23N3O3S. The van der Waals surface area contributed by atoms with Crippen LogP contribution in [0.25, 0.3) is 0 Å². The second-order valence-electron chi connectivity index (χ2n) is 6.50. The lowest BCUT2D eigenvalue weighted by molar-refractivity contribution is -0.117. The summed E-state index contributed by atoms with van der Waals surface area (Å²) in [6.45, 7) is 6.18. The molecule has 0 saturated carbocycles. The summed E-state index contributed by atoms with van der Waals surface area (Å²) in [7, 11) is 0. The van der Waals surface area contributed by atoms with Gasteiger partial charge in [-0.3, -0.25) is 4.79 Å². The van der Waals surface area contributed by atoms with Crippen LogP contribution in [-0.2, 0) is 24.4 Å². The van der Waals surface area contributed by atoms with E-state index in [9.17, 15) is 4.79 Å². The normalized spacial score (nSPS) is 10.7. The number of hydrogen-bond donors (Lipinski definition) is 1. The number of hydrogen-bond acceptors (Lipinski definition) is 5. The van der Waals surface area contributed by atoms with Crippen LogP contribution in [0, 0.1) is 18.7 Å². The molecule has 0 fully saturated rings. The van der Waals surface area contributed by atoms with Crippen LogP contribution in [0.2, 0.25) is 0 Å². The summed E-state index contributed by atoms with van der Waals surface area (Å²) >= 11 is 5.16. The predicted molar refractivity (Wildman–Crippen MR) is 110 cm³/mol. The second kappa shape index (κ2) is 8.84. The van der Waals surface area contributed by atoms with Gasteiger partial charge in [0.25, 0.3) is 10.7 Å². The molecule has 0 aliphatic carbocycles. The maximum atomic E-state index is 12.4. The second-order valence-corrected chi connectivity index (χ2v) is 6.85. The number of anilines is 1. The van der Waals surface area contributed by atoms with Gasteiger partial charge < -0.3 is 14.5 Å². The summed E-state index contributed by atoms with van der Waals surface area (Å²) < 4.78 is 12.5. The lowest BCUT2D eigenvalue weighted by Gasteiger charge is -2.10. The minimum Gasteiger partial charge on any atom is -0.484 e. The van der Waals surface area contributed by atoms with Crippen molar-refractivity contribution in [3.05, 3.63) is 69.9 Å². The first kappa shape index (κ1) is 19.8. The molecular weight excluding hydrogens is 374 g/mol. The van der Waals surface area contributed by atoms with Crippen molar-refractivity contribution in [2.24, 2.45) is 0 Å². The smallest absolute Gasteiger partial charge is 0.287 e. The molecule has 146 valence electrons. The summed E-state index contributed by atoms with van der Waals surface area (Å²) in [5.41, 5.74) is 4.16. The number of ether oxygens (including phenoxy) is 1. The fourth-order valence-electron chi connectivity index (χ4n) is 2.69. The maximum absolute atomic E-state index is 12.4. The maximum Gasteiger partial charge on any atom is 0.287 e. The molecule has 3 aromatic rings. The van der Waals surface area contributed by atoms with Gasteiger partial charge >= 0.3 is 0 Å². The zero-order chi connectivity index (χ0) is 20.1. The minimum atomic E-state index is -0.222. The monoisotopic (exact) mass is 397 g/mol. The Balaban J connectivity index is 1.60. The number of aryl methyl sites for hydroxylation is 2. The van der Waals surface area contributed by atoms with Gasteiger partial charge in [0.1, 0.15) is 12.3 Å². The fraction of sp³-hybridized carbons (Fsp3) is 0.286. The van der Waals surface area contributed by atoms with E-state index in [1.54, 1.807) is 0 Å². The highest BCUT2D eigenvalue weighted by Gasteiger charge is 2.12. The van der Waals surface area contributed by atoms with E-state index in [0.29, 0.717) is 5.89 Å². The van der Waals surface area contributed by atoms with Crippen molar-refractivity contribution in [3.8, 4) is 5.75 Å². The van der Waals surface area contributed by atoms with E-state index in [2.05, 4.69) is 17.3 Å². The zero-order valence-corrected chi connectivity index (χ0v) is 17.0. The predicted octanol–water partition coefficient (Wildman–Crippen LogP) is 4.60. The lowest BCUT2D eigenvalue weighted by Crippen LogP contribution is -2.20. The average molecular weight is 398 g/mol. The van der Waals surface area contributed by atoms with E-state index in [-0.39, 0.29) is 23.9 Å². The first-order chi connectivity index (χ1) is 13.5. The standard InChI is InChI=1S/C21H23N3O3S/c1-4-16-8-10-17(11-9-16)26-13-20-23-24(21(28)27-20)12-19(25)22-18-7-5-6-14(2)15(18)3/h5-11H,4,12-13H2,1-3H3,(H,22,25). The minimum absolute atomic E-state index is 0.0269. The highest BCUT2D eigenvalue weighted by molar-refractivity contribution is 7.71. The molecule has 1 N–H and O–H groups in total. The fourth-order valence-corrected chi connectivity index (χ4v) is 2.89. The number of nitrogens with zero attached hydrogens (tertiary/aromatic N) is 2. The molecule has 28 heavy (non-hydrogen) atoms. The Morgan fingerprint density at radius 3 is 2.68 bits per heavy atom. The molecule has 1 amide bonds. The van der Waals surface area contributed by atoms with Gasteiger partial charge in [-0.25, -0.2) is 4.68 Å². The zero-order valence-electron chi connectivity index (χ0n) is 16.2. The van der Waals surface area contributed by atoms with Crippen molar-refractivity contribution in [2.75, 3.05) is 5.32 Å². The molecule has 2 aromatic carbocycles. The van der Waals surface area contributed by atoms with E-state index in [1.165, 1.54) is 10.2 Å². The SMILES string of the molecule is CCc1ccc(OCc2nn(CC(=O)Nc3cccc(C)c3C)c(=S)o2)cc1. The summed E-state index contributed by atoms with van der Waals surface area (Å²) in [5.74, 6) is 0.824. The molecule has 0 aliphatic rings. The van der Waals surface area contributed by atoms with Gasteiger partial charge in [0.2, 0.25) is 5.91 Å². The Hall–Kier alpha value is -2.93. The van der Waals surface area contributed by atoms with Crippen LogP contribution < -0.4 is 10.1 Å². The summed E-state index contributed by atoms with van der Waals surface area (Å²) in [4.78, 5) is 12.5. The number of rotatable bonds is 7. The first-order valence-electron chi connectivity index (χ1n) is 9.11. The number of nitrogens with one attached hydrogen (secondary N) is 1. The Bertz CT molecular complexity index is 1020. The Labute approximate surface area is 169 Å². The third kappa shape index (κ3) is 4.86. The lowest BCUT2D eigenvalue weighted by atomic mass is 10.1. The number of amides is 1. The molecule has 6 nitrogen and oxygen atoms in total. The van der Waals surface area contributed by atoms with E-state index in [0.717, 1.165) is 29.0 Å². The van der Waals surface area contributed by atoms with Crippen molar-refractivity contribution >= 4 is 23.8 Å². The highest BCUT2D eigenvalue weighted by Crippen LogP contribution is 2.18. The van der Waals surface area contributed by atoms with Gasteiger partial charge in [-0.05, 0) is 67.4 Å². The highest BCUT2D eigenvalue weighted by atomic mass is 32.1. The molecule has 0 aliphatic heterocycles. The van der Waals surface area contributed by atoms with Crippen molar-refractivity contribution in [3.63, 3.8) is 0 Å². The van der Waals surface area contributed by atoms with E-state index in [4.69, 9.17) is 21.4 Å². The molecule has 0 saturated heterocycles. The van der Waals surface area contributed by atoms with Crippen LogP contribution in [0.4, 0.5) is 5.69 Å². The van der Waals surface area contributed by atoms with Gasteiger partial charge in [-0.1, -0.05) is 31.2 Å². The van der Waals surface area contributed by atoms with Gasteiger partial charge in [-0.15, -0.1) is 5.10 Å². The molecule has 0 unspecified atom stereocenters. The van der Waals surface area contributed by atoms with Gasteiger partial charge in [-0.2, -0.15) is 0 Å². The first-order valence-corrected chi connectivity index (χ1v) is 9.51. The molecule has 1 aromatic heterocycles. The van der Waals surface area contributed by atoms with E-state index < -0.39 is 0 Å². The van der Waals surface area contributed by atoms with Gasteiger partial charge in [0.15, 0.2) is 6.61 Å². The van der Waals surface area contributed by atoms with Crippen LogP contribution in [0.15, 0.2) is 46.9 Å². The third-order valence-corrected chi connectivity index (χ3v) is 4.81. The Kier molecular flexibility index (Phi) is 6.26. The van der Waals surface area contributed by atoms with Crippen LogP contribution in [0.1, 0.15) is 29.5 Å². The summed E-state index contributed by atoms with van der Waals surface area (Å²) in [5, 5.41) is 7.13. The van der Waals surface area contributed by atoms with E-state index >= 15 is 0 Å². The van der Waals surface area contributed by atoms with Crippen LogP contribution in [0.3, 0.4) is 0 Å². The topological polar surface area (TPSA) is 69.3 Å². The molecule has 0 bridgehead atoms. The quantitative estimate of drug-likeness (QED) is 0.590. The third-order valence-electron chi connectivity index (χ3n) is 4.51. The van der Waals surface area contributed by atoms with Gasteiger partial charge in [0, 0.05) is 5.69 Å². The summed E-state index contributed by atoms with van der Waals surface area (Å²) in [6.07, 6.45) is 0.976. The summed E-state index contributed by atoms with van der Waals surface area (Å²) in [6, 6.07) is 13.6. The van der Waals surface area contributed by atoms with Crippen molar-refractivity contribution in [1.82, 2.24) is 9.78 Å². The average Bonchev–Trinajstić information content (AvgIpc) is 3.03. The Morgan fingerprint density at radius 1 is 1.21 bits per heavy atom. The van der Waals surface area contributed by atoms with Crippen LogP contribution in [0.5, 0.6) is 5.75 Å². The molecule has 0 atom stereocenters. The molecule has 0 radical (unpaired) electrons. The van der Waals surface area contributed by atoms with Crippen molar-refractivity contribution in [2.45, 2.75) is 40.3 Å². The van der Waals surface area contributed by atoms with E-state index in [1.807, 2.05) is 56.3 Å². The molecule has 0 spiro atoms. The van der Waals surface area contributed by atoms with Crippen LogP contribution in [-0.4, -0.2) is 15.7 Å². The Morgan fingerprint density at radius 2 is 1.96 bits per heavy atom. The molecule has 3 rings (SSSR count). The van der Waals surface area contributed by atoms with Gasteiger partial charge in [0.05, 0.1) is 0 Å². The molecule has 1 heterocycles. The van der Waals surface area contributed by atoms with Crippen molar-refractivity contribution < 1.29 is 13.9 Å². The number of carbonyl (C=O) groups is 1. The van der Waals surface area contributed by atoms with Crippen molar-refractivity contribution in [1.29, 1.82) is 0 Å². The largest absolute Gasteiger partial charge is 0.484 e. The van der Waals surface area contributed by atoms with Crippen LogP contribution >= 0.6 is 12.2 Å². The number of aromatic nitrogens is 2.